The number of imidazole rings is 2. The van der Waals surface area contributed by atoms with E-state index < -0.39 is 0 Å². The summed E-state index contributed by atoms with van der Waals surface area (Å²) in [6, 6.07) is 8.18. The first-order valence-electron chi connectivity index (χ1n) is 10.9. The molecule has 6 rings (SSSR count). The molecule has 0 bridgehead atoms. The molecule has 2 fully saturated rings. The minimum Gasteiger partial charge on any atom is -0.364 e. The molecule has 1 saturated heterocycles. The van der Waals surface area contributed by atoms with Crippen molar-refractivity contribution in [2.24, 2.45) is 5.92 Å². The van der Waals surface area contributed by atoms with Crippen LogP contribution in [0.2, 0.25) is 0 Å². The summed E-state index contributed by atoms with van der Waals surface area (Å²) in [4.78, 5) is 32.8. The maximum Gasteiger partial charge on any atom is 0.225 e. The third kappa shape index (κ3) is 3.03. The molecule has 2 aliphatic rings. The minimum absolute atomic E-state index is 0.171. The van der Waals surface area contributed by atoms with Gasteiger partial charge >= 0.3 is 0 Å². The predicted octanol–water partition coefficient (Wildman–Crippen LogP) is 2.61. The molecule has 0 spiro atoms. The molecule has 158 valence electrons. The summed E-state index contributed by atoms with van der Waals surface area (Å²) in [5, 5.41) is 3.53. The summed E-state index contributed by atoms with van der Waals surface area (Å²) in [5.41, 5.74) is 3.45. The van der Waals surface area contributed by atoms with Gasteiger partial charge < -0.3 is 10.2 Å². The largest absolute Gasteiger partial charge is 0.364 e. The number of para-hydroxylation sites is 2. The van der Waals surface area contributed by atoms with Crippen LogP contribution in [0.5, 0.6) is 0 Å². The van der Waals surface area contributed by atoms with Crippen LogP contribution in [-0.2, 0) is 11.3 Å². The van der Waals surface area contributed by atoms with Crippen molar-refractivity contribution in [2.45, 2.75) is 38.8 Å². The second-order valence-electron chi connectivity index (χ2n) is 8.34. The Morgan fingerprint density at radius 2 is 2.03 bits per heavy atom. The number of aryl methyl sites for hydroxylation is 1. The molecule has 1 aromatic carbocycles. The third-order valence-electron chi connectivity index (χ3n) is 6.26. The van der Waals surface area contributed by atoms with Crippen LogP contribution in [0.1, 0.15) is 26.2 Å². The normalized spacial score (nSPS) is 18.9. The van der Waals surface area contributed by atoms with E-state index >= 15 is 0 Å². The van der Waals surface area contributed by atoms with Gasteiger partial charge in [-0.05, 0) is 38.3 Å². The monoisotopic (exact) mass is 416 g/mol. The first-order valence-corrected chi connectivity index (χ1v) is 10.9. The van der Waals surface area contributed by atoms with Gasteiger partial charge in [0.2, 0.25) is 11.9 Å². The zero-order valence-corrected chi connectivity index (χ0v) is 17.4. The van der Waals surface area contributed by atoms with Crippen LogP contribution in [0.4, 0.5) is 5.82 Å². The summed E-state index contributed by atoms with van der Waals surface area (Å²) >= 11 is 0. The molecular weight excluding hydrogens is 392 g/mol. The molecule has 1 aliphatic heterocycles. The van der Waals surface area contributed by atoms with E-state index in [1.807, 2.05) is 33.7 Å². The fourth-order valence-corrected chi connectivity index (χ4v) is 4.48. The molecule has 9 nitrogen and oxygen atoms in total. The molecule has 0 radical (unpaired) electrons. The summed E-state index contributed by atoms with van der Waals surface area (Å²) in [6.07, 6.45) is 6.38. The van der Waals surface area contributed by atoms with E-state index in [2.05, 4.69) is 31.8 Å². The Hall–Kier alpha value is -3.49. The number of likely N-dealkylation sites (tertiary alicyclic amines) is 1. The predicted molar refractivity (Wildman–Crippen MR) is 117 cm³/mol. The summed E-state index contributed by atoms with van der Waals surface area (Å²) in [6.45, 7) is 4.32. The number of hydrogen-bond donors (Lipinski definition) is 1. The van der Waals surface area contributed by atoms with Gasteiger partial charge in [-0.15, -0.1) is 0 Å². The Kier molecular flexibility index (Phi) is 4.15. The maximum atomic E-state index is 12.4. The van der Waals surface area contributed by atoms with Gasteiger partial charge in [0.1, 0.15) is 12.7 Å². The van der Waals surface area contributed by atoms with E-state index in [0.717, 1.165) is 60.5 Å². The van der Waals surface area contributed by atoms with Gasteiger partial charge in [0, 0.05) is 31.6 Å². The first kappa shape index (κ1) is 18.3. The highest BCUT2D eigenvalue weighted by molar-refractivity contribution is 5.86. The standard InChI is InChI=1S/C22H24N8O/c1-2-29-20-18(27-22(29)30-13-25-16-5-3-4-6-17(16)30)19(23-12-24-20)26-15-9-10-28(11-15)21(31)14-7-8-14/h3-6,12-15H,2,7-11H2,1H3,(H,23,24,26)/t15-/m0/s1. The number of carbonyl (C=O) groups excluding carboxylic acids is 1. The third-order valence-corrected chi connectivity index (χ3v) is 6.26. The molecule has 31 heavy (non-hydrogen) atoms. The number of anilines is 1. The number of benzene rings is 1. The van der Waals surface area contributed by atoms with Crippen molar-refractivity contribution in [1.29, 1.82) is 0 Å². The molecule has 1 atom stereocenters. The van der Waals surface area contributed by atoms with Crippen LogP contribution in [0.25, 0.3) is 28.1 Å². The van der Waals surface area contributed by atoms with Crippen LogP contribution in [0, 0.1) is 5.92 Å². The zero-order chi connectivity index (χ0) is 20.9. The van der Waals surface area contributed by atoms with Gasteiger partial charge in [0.25, 0.3) is 0 Å². The van der Waals surface area contributed by atoms with Crippen molar-refractivity contribution in [1.82, 2.24) is 34.0 Å². The van der Waals surface area contributed by atoms with Crippen molar-refractivity contribution in [3.05, 3.63) is 36.9 Å². The van der Waals surface area contributed by atoms with Gasteiger partial charge in [0.05, 0.1) is 11.0 Å². The molecule has 1 saturated carbocycles. The number of aromatic nitrogens is 6. The Balaban J connectivity index is 1.35. The van der Waals surface area contributed by atoms with Crippen molar-refractivity contribution in [3.63, 3.8) is 0 Å². The van der Waals surface area contributed by atoms with E-state index in [1.54, 1.807) is 12.7 Å². The van der Waals surface area contributed by atoms with E-state index in [9.17, 15) is 4.79 Å². The average Bonchev–Trinajstić information content (AvgIpc) is 3.22. The quantitative estimate of drug-likeness (QED) is 0.538. The second kappa shape index (κ2) is 7.04. The smallest absolute Gasteiger partial charge is 0.225 e. The Labute approximate surface area is 179 Å². The van der Waals surface area contributed by atoms with Crippen LogP contribution in [-0.4, -0.2) is 59.0 Å². The first-order chi connectivity index (χ1) is 15.2. The number of nitrogens with zero attached hydrogens (tertiary/aromatic N) is 7. The lowest BCUT2D eigenvalue weighted by molar-refractivity contribution is -0.131. The zero-order valence-electron chi connectivity index (χ0n) is 17.4. The number of rotatable bonds is 5. The van der Waals surface area contributed by atoms with E-state index in [4.69, 9.17) is 4.98 Å². The minimum atomic E-state index is 0.171. The fraction of sp³-hybridized carbons (Fsp3) is 0.409. The SMILES string of the molecule is CCn1c(-n2cnc3ccccc32)nc2c(N[C@H]3CCN(C(=O)C4CC4)C3)ncnc21. The maximum absolute atomic E-state index is 12.4. The molecule has 4 aromatic rings. The number of nitrogens with one attached hydrogen (secondary N) is 1. The number of fused-ring (bicyclic) bond motifs is 2. The fourth-order valence-electron chi connectivity index (χ4n) is 4.48. The number of amides is 1. The van der Waals surface area contributed by atoms with Crippen LogP contribution >= 0.6 is 0 Å². The summed E-state index contributed by atoms with van der Waals surface area (Å²) < 4.78 is 4.07. The van der Waals surface area contributed by atoms with Gasteiger partial charge in [-0.1, -0.05) is 12.1 Å². The molecule has 1 aliphatic carbocycles. The molecule has 1 amide bonds. The van der Waals surface area contributed by atoms with E-state index in [0.29, 0.717) is 18.3 Å². The van der Waals surface area contributed by atoms with Crippen LogP contribution in [0.3, 0.4) is 0 Å². The highest BCUT2D eigenvalue weighted by atomic mass is 16.2. The number of hydrogen-bond acceptors (Lipinski definition) is 6. The second-order valence-corrected chi connectivity index (χ2v) is 8.34. The van der Waals surface area contributed by atoms with Gasteiger partial charge in [-0.3, -0.25) is 13.9 Å². The molecule has 0 unspecified atom stereocenters. The van der Waals surface area contributed by atoms with Crippen LogP contribution < -0.4 is 5.32 Å². The highest BCUT2D eigenvalue weighted by Crippen LogP contribution is 2.32. The molecule has 4 heterocycles. The van der Waals surface area contributed by atoms with Crippen molar-refractivity contribution >= 4 is 33.9 Å². The molecule has 1 N–H and O–H groups in total. The topological polar surface area (TPSA) is 93.8 Å². The summed E-state index contributed by atoms with van der Waals surface area (Å²) in [7, 11) is 0. The van der Waals surface area contributed by atoms with E-state index in [1.165, 1.54) is 0 Å². The highest BCUT2D eigenvalue weighted by Gasteiger charge is 2.36. The van der Waals surface area contributed by atoms with E-state index in [-0.39, 0.29) is 12.0 Å². The molecule has 3 aromatic heterocycles. The van der Waals surface area contributed by atoms with Gasteiger partial charge in [-0.25, -0.2) is 19.9 Å². The van der Waals surface area contributed by atoms with Crippen molar-refractivity contribution < 1.29 is 4.79 Å². The molecular formula is C22H24N8O. The number of carbonyl (C=O) groups is 1. The lowest BCUT2D eigenvalue weighted by atomic mass is 10.2. The van der Waals surface area contributed by atoms with Crippen LogP contribution in [0.15, 0.2) is 36.9 Å². The lowest BCUT2D eigenvalue weighted by Crippen LogP contribution is -2.32. The molecule has 9 heteroatoms. The van der Waals surface area contributed by atoms with Crippen molar-refractivity contribution in [2.75, 3.05) is 18.4 Å². The Bertz CT molecular complexity index is 1290. The lowest BCUT2D eigenvalue weighted by Gasteiger charge is -2.17. The Morgan fingerprint density at radius 1 is 1.16 bits per heavy atom. The average molecular weight is 416 g/mol. The Morgan fingerprint density at radius 3 is 2.87 bits per heavy atom. The van der Waals surface area contributed by atoms with Gasteiger partial charge in [-0.2, -0.15) is 0 Å². The summed E-state index contributed by atoms with van der Waals surface area (Å²) in [5.74, 6) is 2.05. The van der Waals surface area contributed by atoms with Gasteiger partial charge in [0.15, 0.2) is 17.0 Å². The van der Waals surface area contributed by atoms with Crippen molar-refractivity contribution in [3.8, 4) is 5.95 Å².